The topological polar surface area (TPSA) is 117 Å². The first-order chi connectivity index (χ1) is 27.4. The number of rotatable bonds is 41. The molecule has 56 heavy (non-hydrogen) atoms. The molecule has 0 spiro atoms. The summed E-state index contributed by atoms with van der Waals surface area (Å²) in [7, 11) is -4.29. The first-order valence-electron chi connectivity index (χ1n) is 22.1. The van der Waals surface area contributed by atoms with E-state index < -0.39 is 13.9 Å². The standard InChI is InChI=1S/C47H82NO7P/c1-3-5-7-9-11-13-15-17-19-20-21-22-23-24-25-27-29-31-33-35-37-39-42-52-44-46(45-54-56(50,51)53-43-41-48)55-47(49)40-38-36-34-32-30-28-26-18-16-14-12-10-8-6-4-2/h5,7,11,13,17-19,21-22,24-26,29,31,46H,3-4,6,8-10,12,14-16,20,23,27-28,30,32-45,48H2,1-2H3,(H,50,51)/b7-5-,13-11-,19-17-,22-21-,25-24-,26-18-,31-29-. The van der Waals surface area contributed by atoms with E-state index in [1.54, 1.807) is 0 Å². The summed E-state index contributed by atoms with van der Waals surface area (Å²) >= 11 is 0. The minimum absolute atomic E-state index is 0.0855. The monoisotopic (exact) mass is 804 g/mol. The average molecular weight is 804 g/mol. The van der Waals surface area contributed by atoms with Crippen LogP contribution in [0.15, 0.2) is 85.1 Å². The van der Waals surface area contributed by atoms with Crippen LogP contribution in [-0.4, -0.2) is 49.9 Å². The smallest absolute Gasteiger partial charge is 0.457 e. The van der Waals surface area contributed by atoms with Crippen molar-refractivity contribution in [2.45, 2.75) is 174 Å². The number of ether oxygens (including phenoxy) is 2. The fraction of sp³-hybridized carbons (Fsp3) is 0.681. The maximum atomic E-state index is 12.6. The molecule has 0 bridgehead atoms. The third-order valence-corrected chi connectivity index (χ3v) is 9.78. The number of hydrogen-bond acceptors (Lipinski definition) is 7. The number of hydrogen-bond donors (Lipinski definition) is 2. The molecule has 0 rings (SSSR count). The van der Waals surface area contributed by atoms with Crippen LogP contribution in [0.1, 0.15) is 168 Å². The molecule has 322 valence electrons. The van der Waals surface area contributed by atoms with Gasteiger partial charge in [-0.1, -0.05) is 157 Å². The number of unbranched alkanes of at least 4 members (excludes halogenated alkanes) is 14. The number of carbonyl (C=O) groups excluding carboxylic acids is 1. The molecule has 0 aromatic carbocycles. The van der Waals surface area contributed by atoms with Gasteiger partial charge in [-0.2, -0.15) is 0 Å². The normalized spacial score (nSPS) is 14.3. The molecule has 3 N–H and O–H groups in total. The summed E-state index contributed by atoms with van der Waals surface area (Å²) < 4.78 is 33.4. The van der Waals surface area contributed by atoms with Crippen molar-refractivity contribution >= 4 is 13.8 Å². The van der Waals surface area contributed by atoms with Crippen molar-refractivity contribution in [1.29, 1.82) is 0 Å². The molecule has 0 heterocycles. The molecule has 0 aliphatic rings. The predicted octanol–water partition coefficient (Wildman–Crippen LogP) is 13.3. The van der Waals surface area contributed by atoms with E-state index in [-0.39, 0.29) is 32.3 Å². The molecule has 0 amide bonds. The van der Waals surface area contributed by atoms with Gasteiger partial charge in [-0.3, -0.25) is 13.8 Å². The van der Waals surface area contributed by atoms with Gasteiger partial charge in [0.05, 0.1) is 19.8 Å². The Morgan fingerprint density at radius 1 is 0.554 bits per heavy atom. The Kier molecular flexibility index (Phi) is 42.0. The summed E-state index contributed by atoms with van der Waals surface area (Å²) in [6.07, 6.45) is 56.0. The van der Waals surface area contributed by atoms with Gasteiger partial charge in [-0.25, -0.2) is 4.57 Å². The van der Waals surface area contributed by atoms with Gasteiger partial charge in [0, 0.05) is 19.6 Å². The number of esters is 1. The number of phosphoric acid groups is 1. The fourth-order valence-corrected chi connectivity index (χ4v) is 6.35. The van der Waals surface area contributed by atoms with Crippen molar-refractivity contribution in [3.8, 4) is 0 Å². The molecule has 9 heteroatoms. The van der Waals surface area contributed by atoms with Crippen LogP contribution < -0.4 is 5.73 Å². The summed E-state index contributed by atoms with van der Waals surface area (Å²) in [6, 6.07) is 0. The summed E-state index contributed by atoms with van der Waals surface area (Å²) in [6.45, 7) is 4.68. The van der Waals surface area contributed by atoms with E-state index >= 15 is 0 Å². The fourth-order valence-electron chi connectivity index (χ4n) is 5.58. The highest BCUT2D eigenvalue weighted by Gasteiger charge is 2.25. The van der Waals surface area contributed by atoms with Crippen molar-refractivity contribution in [3.63, 3.8) is 0 Å². The lowest BCUT2D eigenvalue weighted by Gasteiger charge is -2.20. The Morgan fingerprint density at radius 3 is 1.52 bits per heavy atom. The average Bonchev–Trinajstić information content (AvgIpc) is 3.19. The van der Waals surface area contributed by atoms with Gasteiger partial charge in [-0.15, -0.1) is 0 Å². The molecular formula is C47H82NO7P. The zero-order valence-corrected chi connectivity index (χ0v) is 36.5. The van der Waals surface area contributed by atoms with Gasteiger partial charge in [0.2, 0.25) is 0 Å². The molecule has 0 aliphatic heterocycles. The molecule has 0 aromatic rings. The maximum Gasteiger partial charge on any atom is 0.472 e. The molecule has 0 aliphatic carbocycles. The lowest BCUT2D eigenvalue weighted by atomic mass is 10.1. The van der Waals surface area contributed by atoms with Crippen molar-refractivity contribution < 1.29 is 32.8 Å². The highest BCUT2D eigenvalue weighted by atomic mass is 31.2. The van der Waals surface area contributed by atoms with Gasteiger partial charge in [0.1, 0.15) is 6.10 Å². The van der Waals surface area contributed by atoms with Crippen molar-refractivity contribution in [2.24, 2.45) is 5.73 Å². The van der Waals surface area contributed by atoms with E-state index in [0.717, 1.165) is 96.3 Å². The summed E-state index contributed by atoms with van der Waals surface area (Å²) in [5.74, 6) is -0.355. The van der Waals surface area contributed by atoms with E-state index in [1.165, 1.54) is 51.4 Å². The van der Waals surface area contributed by atoms with E-state index in [4.69, 9.17) is 24.3 Å². The van der Waals surface area contributed by atoms with Crippen molar-refractivity contribution in [2.75, 3.05) is 33.0 Å². The van der Waals surface area contributed by atoms with E-state index in [9.17, 15) is 14.3 Å². The lowest BCUT2D eigenvalue weighted by molar-refractivity contribution is -0.154. The van der Waals surface area contributed by atoms with Crippen LogP contribution in [0.2, 0.25) is 0 Å². The van der Waals surface area contributed by atoms with Gasteiger partial charge < -0.3 is 20.1 Å². The van der Waals surface area contributed by atoms with Crippen LogP contribution >= 0.6 is 7.82 Å². The largest absolute Gasteiger partial charge is 0.472 e. The van der Waals surface area contributed by atoms with E-state index in [1.807, 2.05) is 0 Å². The van der Waals surface area contributed by atoms with Crippen molar-refractivity contribution in [3.05, 3.63) is 85.1 Å². The van der Waals surface area contributed by atoms with Crippen molar-refractivity contribution in [1.82, 2.24) is 0 Å². The molecule has 0 aromatic heterocycles. The summed E-state index contributed by atoms with van der Waals surface area (Å²) in [4.78, 5) is 22.5. The van der Waals surface area contributed by atoms with E-state index in [2.05, 4.69) is 98.9 Å². The number of nitrogens with two attached hydrogens (primary N) is 1. The number of allylic oxidation sites excluding steroid dienone is 14. The van der Waals surface area contributed by atoms with Crippen LogP contribution in [0, 0.1) is 0 Å². The highest BCUT2D eigenvalue weighted by Crippen LogP contribution is 2.43. The summed E-state index contributed by atoms with van der Waals surface area (Å²) in [5, 5.41) is 0. The highest BCUT2D eigenvalue weighted by molar-refractivity contribution is 7.47. The SMILES string of the molecule is CC/C=C\C/C=C\C/C=C\C/C=C\C/C=C\C/C=C\CCCCCOCC(COP(=O)(O)OCCN)OC(=O)CCCCCCC/C=C\CCCCCCCC. The summed E-state index contributed by atoms with van der Waals surface area (Å²) in [5.41, 5.74) is 5.37. The molecule has 2 atom stereocenters. The third kappa shape index (κ3) is 42.8. The molecule has 0 fully saturated rings. The number of carbonyl (C=O) groups is 1. The molecule has 0 radical (unpaired) electrons. The van der Waals surface area contributed by atoms with Gasteiger partial charge >= 0.3 is 13.8 Å². The Balaban J connectivity index is 4.13. The zero-order valence-electron chi connectivity index (χ0n) is 35.6. The zero-order chi connectivity index (χ0) is 40.9. The molecular weight excluding hydrogens is 721 g/mol. The Bertz CT molecular complexity index is 1130. The molecule has 8 nitrogen and oxygen atoms in total. The van der Waals surface area contributed by atoms with Crippen LogP contribution in [0.3, 0.4) is 0 Å². The second kappa shape index (κ2) is 43.8. The molecule has 2 unspecified atom stereocenters. The van der Waals surface area contributed by atoms with Gasteiger partial charge in [0.25, 0.3) is 0 Å². The first-order valence-corrected chi connectivity index (χ1v) is 23.6. The second-order valence-corrected chi connectivity index (χ2v) is 15.6. The first kappa shape index (κ1) is 53.7. The van der Waals surface area contributed by atoms with Crippen LogP contribution in [-0.2, 0) is 27.9 Å². The quantitative estimate of drug-likeness (QED) is 0.0272. The minimum Gasteiger partial charge on any atom is -0.457 e. The van der Waals surface area contributed by atoms with Gasteiger partial charge in [0.15, 0.2) is 0 Å². The Hall–Kier alpha value is -2.32. The second-order valence-electron chi connectivity index (χ2n) is 14.2. The van der Waals surface area contributed by atoms with Gasteiger partial charge in [-0.05, 0) is 89.9 Å². The van der Waals surface area contributed by atoms with Crippen LogP contribution in [0.4, 0.5) is 0 Å². The molecule has 0 saturated heterocycles. The third-order valence-electron chi connectivity index (χ3n) is 8.80. The van der Waals surface area contributed by atoms with E-state index in [0.29, 0.717) is 13.0 Å². The predicted molar refractivity (Wildman–Crippen MR) is 238 cm³/mol. The van der Waals surface area contributed by atoms with Crippen LogP contribution in [0.25, 0.3) is 0 Å². The number of phosphoric ester groups is 1. The Labute approximate surface area is 343 Å². The minimum atomic E-state index is -4.29. The van der Waals surface area contributed by atoms with Crippen LogP contribution in [0.5, 0.6) is 0 Å². The molecule has 0 saturated carbocycles. The lowest BCUT2D eigenvalue weighted by Crippen LogP contribution is -2.28. The maximum absolute atomic E-state index is 12.6. The Morgan fingerprint density at radius 2 is 1.00 bits per heavy atom.